The number of ether oxygens (including phenoxy) is 1. The van der Waals surface area contributed by atoms with Crippen LogP contribution < -0.4 is 15.4 Å². The number of nitrogens with one attached hydrogen (secondary N) is 3. The molecule has 110 valence electrons. The summed E-state index contributed by atoms with van der Waals surface area (Å²) in [7, 11) is 1.45. The molecule has 1 heterocycles. The van der Waals surface area contributed by atoms with Crippen LogP contribution in [0.3, 0.4) is 0 Å². The number of hydrogen-bond acceptors (Lipinski definition) is 4. The number of aromatic nitrogens is 2. The van der Waals surface area contributed by atoms with Crippen LogP contribution in [0.5, 0.6) is 5.75 Å². The van der Waals surface area contributed by atoms with E-state index in [-0.39, 0.29) is 17.8 Å². The van der Waals surface area contributed by atoms with Crippen molar-refractivity contribution in [2.75, 3.05) is 12.4 Å². The minimum atomic E-state index is -1.14. The van der Waals surface area contributed by atoms with Gasteiger partial charge in [-0.3, -0.25) is 0 Å². The van der Waals surface area contributed by atoms with Crippen molar-refractivity contribution in [3.63, 3.8) is 0 Å². The predicted octanol–water partition coefficient (Wildman–Crippen LogP) is 1.44. The van der Waals surface area contributed by atoms with Crippen LogP contribution >= 0.6 is 0 Å². The van der Waals surface area contributed by atoms with Crippen molar-refractivity contribution in [3.05, 3.63) is 42.0 Å². The number of methoxy groups -OCH3 is 1. The first-order valence-corrected chi connectivity index (χ1v) is 6.04. The van der Waals surface area contributed by atoms with Crippen LogP contribution in [0.25, 0.3) is 0 Å². The molecule has 0 radical (unpaired) electrons. The molecular formula is C13H14N4O4. The SMILES string of the molecule is COc1ccc(C(=O)O)c(NC(=O)NCc2ncc[nH]2)c1. The summed E-state index contributed by atoms with van der Waals surface area (Å²) in [6.07, 6.45) is 3.21. The number of rotatable bonds is 5. The first kappa shape index (κ1) is 14.4. The fourth-order valence-corrected chi connectivity index (χ4v) is 1.67. The summed E-state index contributed by atoms with van der Waals surface area (Å²) >= 11 is 0. The molecule has 0 saturated carbocycles. The van der Waals surface area contributed by atoms with Crippen LogP contribution in [0.1, 0.15) is 16.2 Å². The first-order chi connectivity index (χ1) is 10.1. The molecule has 0 saturated heterocycles. The maximum absolute atomic E-state index is 11.8. The number of amides is 2. The predicted molar refractivity (Wildman–Crippen MR) is 74.4 cm³/mol. The monoisotopic (exact) mass is 290 g/mol. The van der Waals surface area contributed by atoms with Crippen LogP contribution in [-0.2, 0) is 6.54 Å². The number of carbonyl (C=O) groups excluding carboxylic acids is 1. The van der Waals surface area contributed by atoms with Crippen molar-refractivity contribution in [1.82, 2.24) is 15.3 Å². The molecule has 4 N–H and O–H groups in total. The van der Waals surface area contributed by atoms with Crippen LogP contribution in [0.2, 0.25) is 0 Å². The summed E-state index contributed by atoms with van der Waals surface area (Å²) in [4.78, 5) is 29.7. The molecule has 0 aliphatic rings. The fourth-order valence-electron chi connectivity index (χ4n) is 1.67. The number of benzene rings is 1. The Bertz CT molecular complexity index is 640. The van der Waals surface area contributed by atoms with E-state index >= 15 is 0 Å². The fraction of sp³-hybridized carbons (Fsp3) is 0.154. The molecule has 8 nitrogen and oxygen atoms in total. The Balaban J connectivity index is 2.06. The number of carboxylic acid groups (broad SMARTS) is 1. The number of nitrogens with zero attached hydrogens (tertiary/aromatic N) is 1. The van der Waals surface area contributed by atoms with Crippen molar-refractivity contribution in [1.29, 1.82) is 0 Å². The van der Waals surface area contributed by atoms with Crippen molar-refractivity contribution >= 4 is 17.7 Å². The van der Waals surface area contributed by atoms with Gasteiger partial charge in [-0.2, -0.15) is 0 Å². The highest BCUT2D eigenvalue weighted by Crippen LogP contribution is 2.22. The van der Waals surface area contributed by atoms with Gasteiger partial charge < -0.3 is 25.5 Å². The number of urea groups is 1. The Kier molecular flexibility index (Phi) is 4.39. The number of carbonyl (C=O) groups is 2. The Morgan fingerprint density at radius 3 is 2.86 bits per heavy atom. The lowest BCUT2D eigenvalue weighted by atomic mass is 10.1. The molecular weight excluding hydrogens is 276 g/mol. The van der Waals surface area contributed by atoms with Gasteiger partial charge in [0.25, 0.3) is 0 Å². The van der Waals surface area contributed by atoms with Crippen molar-refractivity contribution in [2.24, 2.45) is 0 Å². The Morgan fingerprint density at radius 1 is 1.43 bits per heavy atom. The number of carboxylic acids is 1. The molecule has 0 unspecified atom stereocenters. The van der Waals surface area contributed by atoms with Gasteiger partial charge >= 0.3 is 12.0 Å². The van der Waals surface area contributed by atoms with E-state index in [9.17, 15) is 9.59 Å². The third kappa shape index (κ3) is 3.72. The van der Waals surface area contributed by atoms with Gasteiger partial charge in [-0.1, -0.05) is 0 Å². The lowest BCUT2D eigenvalue weighted by Crippen LogP contribution is -2.29. The molecule has 0 atom stereocenters. The number of aromatic amines is 1. The third-order valence-corrected chi connectivity index (χ3v) is 2.68. The van der Waals surface area contributed by atoms with Gasteiger partial charge in [0, 0.05) is 18.5 Å². The van der Waals surface area contributed by atoms with E-state index < -0.39 is 12.0 Å². The van der Waals surface area contributed by atoms with Gasteiger partial charge in [0.15, 0.2) is 0 Å². The molecule has 0 bridgehead atoms. The molecule has 8 heteroatoms. The zero-order chi connectivity index (χ0) is 15.2. The zero-order valence-corrected chi connectivity index (χ0v) is 11.2. The van der Waals surface area contributed by atoms with Gasteiger partial charge in [0.2, 0.25) is 0 Å². The lowest BCUT2D eigenvalue weighted by Gasteiger charge is -2.10. The molecule has 0 spiro atoms. The van der Waals surface area contributed by atoms with E-state index in [0.717, 1.165) is 0 Å². The highest BCUT2D eigenvalue weighted by Gasteiger charge is 2.13. The molecule has 0 fully saturated rings. The lowest BCUT2D eigenvalue weighted by molar-refractivity contribution is 0.0698. The molecule has 1 aromatic carbocycles. The third-order valence-electron chi connectivity index (χ3n) is 2.68. The standard InChI is InChI=1S/C13H14N4O4/c1-21-8-2-3-9(12(18)19)10(6-8)17-13(20)16-7-11-14-4-5-15-11/h2-6H,7H2,1H3,(H,14,15)(H,18,19)(H2,16,17,20). The van der Waals surface area contributed by atoms with Crippen LogP contribution in [0.15, 0.2) is 30.6 Å². The zero-order valence-electron chi connectivity index (χ0n) is 11.2. The summed E-state index contributed by atoms with van der Waals surface area (Å²) < 4.78 is 5.01. The summed E-state index contributed by atoms with van der Waals surface area (Å²) in [5.74, 6) is -0.102. The molecule has 0 aliphatic carbocycles. The van der Waals surface area contributed by atoms with Crippen LogP contribution in [0, 0.1) is 0 Å². The number of aromatic carboxylic acids is 1. The summed E-state index contributed by atoms with van der Waals surface area (Å²) in [5, 5.41) is 14.1. The second-order valence-corrected chi connectivity index (χ2v) is 4.06. The van der Waals surface area contributed by atoms with Gasteiger partial charge in [0.05, 0.1) is 24.9 Å². The Morgan fingerprint density at radius 2 is 2.24 bits per heavy atom. The second-order valence-electron chi connectivity index (χ2n) is 4.06. The number of H-pyrrole nitrogens is 1. The molecule has 1 aromatic heterocycles. The normalized spacial score (nSPS) is 9.95. The average Bonchev–Trinajstić information content (AvgIpc) is 2.98. The maximum Gasteiger partial charge on any atom is 0.337 e. The number of imidazole rings is 1. The summed E-state index contributed by atoms with van der Waals surface area (Å²) in [6.45, 7) is 0.200. The minimum Gasteiger partial charge on any atom is -0.497 e. The van der Waals surface area contributed by atoms with E-state index in [4.69, 9.17) is 9.84 Å². The minimum absolute atomic E-state index is 0.0241. The van der Waals surface area contributed by atoms with E-state index in [1.165, 1.54) is 25.3 Å². The van der Waals surface area contributed by atoms with E-state index in [1.54, 1.807) is 12.4 Å². The summed E-state index contributed by atoms with van der Waals surface area (Å²) in [5.41, 5.74) is 0.128. The quantitative estimate of drug-likeness (QED) is 0.665. The highest BCUT2D eigenvalue weighted by molar-refractivity contribution is 6.00. The first-order valence-electron chi connectivity index (χ1n) is 6.04. The molecule has 0 aliphatic heterocycles. The van der Waals surface area contributed by atoms with Gasteiger partial charge in [-0.15, -0.1) is 0 Å². The molecule has 2 amide bonds. The Labute approximate surface area is 120 Å². The van der Waals surface area contributed by atoms with E-state index in [0.29, 0.717) is 11.6 Å². The largest absolute Gasteiger partial charge is 0.497 e. The van der Waals surface area contributed by atoms with Gasteiger partial charge in [0.1, 0.15) is 11.6 Å². The van der Waals surface area contributed by atoms with Crippen molar-refractivity contribution in [3.8, 4) is 5.75 Å². The van der Waals surface area contributed by atoms with Crippen molar-refractivity contribution in [2.45, 2.75) is 6.54 Å². The smallest absolute Gasteiger partial charge is 0.337 e. The average molecular weight is 290 g/mol. The summed E-state index contributed by atoms with van der Waals surface area (Å²) in [6, 6.07) is 3.77. The highest BCUT2D eigenvalue weighted by atomic mass is 16.5. The maximum atomic E-state index is 11.8. The second kappa shape index (κ2) is 6.42. The van der Waals surface area contributed by atoms with Crippen molar-refractivity contribution < 1.29 is 19.4 Å². The van der Waals surface area contributed by atoms with E-state index in [2.05, 4.69) is 20.6 Å². The van der Waals surface area contributed by atoms with Gasteiger partial charge in [-0.25, -0.2) is 14.6 Å². The molecule has 2 rings (SSSR count). The van der Waals surface area contributed by atoms with Crippen LogP contribution in [-0.4, -0.2) is 34.2 Å². The van der Waals surface area contributed by atoms with Gasteiger partial charge in [-0.05, 0) is 12.1 Å². The topological polar surface area (TPSA) is 116 Å². The number of anilines is 1. The molecule has 2 aromatic rings. The van der Waals surface area contributed by atoms with E-state index in [1.807, 2.05) is 0 Å². The number of hydrogen-bond donors (Lipinski definition) is 4. The van der Waals surface area contributed by atoms with Crippen LogP contribution in [0.4, 0.5) is 10.5 Å². The Hall–Kier alpha value is -3.03. The molecule has 21 heavy (non-hydrogen) atoms.